The number of amides is 1. The number of carboxylic acids is 1. The van der Waals surface area contributed by atoms with Crippen LogP contribution in [-0.2, 0) is 27.7 Å². The van der Waals surface area contributed by atoms with Gasteiger partial charge in [-0.15, -0.1) is 0 Å². The van der Waals surface area contributed by atoms with Crippen LogP contribution in [0.3, 0.4) is 0 Å². The van der Waals surface area contributed by atoms with E-state index in [0.29, 0.717) is 30.2 Å². The number of sulfonamides is 1. The molecule has 0 bridgehead atoms. The van der Waals surface area contributed by atoms with Crippen LogP contribution >= 0.6 is 0 Å². The summed E-state index contributed by atoms with van der Waals surface area (Å²) in [6.07, 6.45) is 6.05. The third kappa shape index (κ3) is 4.81. The number of aromatic carboxylic acids is 1. The van der Waals surface area contributed by atoms with Gasteiger partial charge in [-0.2, -0.15) is 4.31 Å². The number of aryl methyl sites for hydroxylation is 1. The standard InChI is InChI=1S/C25H33N3O5S/c1-3-16(2)26-24(29)17-11-13-28(14-12-17)34(32,33)18-9-10-22-20(15-18)23(25(30)31)19-7-5-4-6-8-21(19)27-22/h9-10,15-17H,3-8,11-14H2,1-2H3,(H,26,29)(H,30,31)/t16-/m1/s1. The molecule has 1 aliphatic carbocycles. The fraction of sp³-hybridized carbons (Fsp3) is 0.560. The number of carbonyl (C=O) groups is 2. The van der Waals surface area contributed by atoms with Gasteiger partial charge in [-0.1, -0.05) is 13.3 Å². The first kappa shape index (κ1) is 24.6. The Labute approximate surface area is 200 Å². The van der Waals surface area contributed by atoms with Crippen molar-refractivity contribution in [1.82, 2.24) is 14.6 Å². The van der Waals surface area contributed by atoms with E-state index in [9.17, 15) is 23.1 Å². The van der Waals surface area contributed by atoms with Crippen LogP contribution in [-0.4, -0.2) is 53.8 Å². The van der Waals surface area contributed by atoms with E-state index in [2.05, 4.69) is 5.32 Å². The Morgan fingerprint density at radius 1 is 1.18 bits per heavy atom. The van der Waals surface area contributed by atoms with E-state index in [1.54, 1.807) is 6.07 Å². The topological polar surface area (TPSA) is 117 Å². The SMILES string of the molecule is CC[C@@H](C)NC(=O)C1CCN(S(=O)(=O)c2ccc3nc4c(c(C(=O)O)c3c2)CCCCC4)CC1. The van der Waals surface area contributed by atoms with Gasteiger partial charge in [-0.3, -0.25) is 9.78 Å². The Morgan fingerprint density at radius 2 is 1.88 bits per heavy atom. The number of nitrogens with one attached hydrogen (secondary N) is 1. The van der Waals surface area contributed by atoms with E-state index >= 15 is 0 Å². The van der Waals surface area contributed by atoms with Crippen molar-refractivity contribution in [2.45, 2.75) is 76.2 Å². The molecule has 2 aliphatic rings. The molecule has 2 heterocycles. The van der Waals surface area contributed by atoms with Crippen LogP contribution in [0.5, 0.6) is 0 Å². The summed E-state index contributed by atoms with van der Waals surface area (Å²) in [6, 6.07) is 4.69. The molecule has 4 rings (SSSR count). The molecule has 8 nitrogen and oxygen atoms in total. The smallest absolute Gasteiger partial charge is 0.336 e. The Morgan fingerprint density at radius 3 is 2.56 bits per heavy atom. The summed E-state index contributed by atoms with van der Waals surface area (Å²) >= 11 is 0. The zero-order chi connectivity index (χ0) is 24.5. The minimum absolute atomic E-state index is 0.0185. The first-order valence-corrected chi connectivity index (χ1v) is 13.7. The van der Waals surface area contributed by atoms with Crippen molar-refractivity contribution in [3.05, 3.63) is 35.0 Å². The molecule has 0 saturated carbocycles. The zero-order valence-electron chi connectivity index (χ0n) is 19.8. The summed E-state index contributed by atoms with van der Waals surface area (Å²) < 4.78 is 28.2. The lowest BCUT2D eigenvalue weighted by Crippen LogP contribution is -2.44. The average molecular weight is 488 g/mol. The number of piperidine rings is 1. The Balaban J connectivity index is 1.61. The molecule has 1 aromatic heterocycles. The summed E-state index contributed by atoms with van der Waals surface area (Å²) in [6.45, 7) is 4.48. The number of fused-ring (bicyclic) bond motifs is 2. The first-order valence-electron chi connectivity index (χ1n) is 12.2. The lowest BCUT2D eigenvalue weighted by atomic mass is 9.97. The summed E-state index contributed by atoms with van der Waals surface area (Å²) in [5.41, 5.74) is 2.24. The third-order valence-corrected chi connectivity index (χ3v) is 9.06. The van der Waals surface area contributed by atoms with Gasteiger partial charge in [0.2, 0.25) is 15.9 Å². The second kappa shape index (κ2) is 10.00. The van der Waals surface area contributed by atoms with Gasteiger partial charge in [-0.25, -0.2) is 13.2 Å². The second-order valence-electron chi connectivity index (χ2n) is 9.45. The molecule has 34 heavy (non-hydrogen) atoms. The van der Waals surface area contributed by atoms with Crippen molar-refractivity contribution >= 4 is 32.8 Å². The zero-order valence-corrected chi connectivity index (χ0v) is 20.7. The first-order chi connectivity index (χ1) is 16.2. The highest BCUT2D eigenvalue weighted by molar-refractivity contribution is 7.89. The van der Waals surface area contributed by atoms with Gasteiger partial charge in [0.05, 0.1) is 16.0 Å². The van der Waals surface area contributed by atoms with E-state index in [0.717, 1.165) is 43.4 Å². The van der Waals surface area contributed by atoms with Crippen molar-refractivity contribution in [1.29, 1.82) is 0 Å². The molecule has 1 aliphatic heterocycles. The predicted molar refractivity (Wildman–Crippen MR) is 129 cm³/mol. The van der Waals surface area contributed by atoms with Crippen LogP contribution in [0.1, 0.15) is 74.0 Å². The Hall–Kier alpha value is -2.52. The summed E-state index contributed by atoms with van der Waals surface area (Å²) in [5.74, 6) is -1.27. The van der Waals surface area contributed by atoms with Gasteiger partial charge in [0.15, 0.2) is 0 Å². The number of pyridine rings is 1. The van der Waals surface area contributed by atoms with Gasteiger partial charge in [0.1, 0.15) is 0 Å². The largest absolute Gasteiger partial charge is 0.478 e. The predicted octanol–water partition coefficient (Wildman–Crippen LogP) is 3.52. The molecule has 1 fully saturated rings. The maximum atomic E-state index is 13.4. The molecule has 0 radical (unpaired) electrons. The maximum absolute atomic E-state index is 13.4. The van der Waals surface area contributed by atoms with Gasteiger partial charge in [-0.05, 0) is 75.6 Å². The van der Waals surface area contributed by atoms with Crippen LogP contribution in [0.15, 0.2) is 23.1 Å². The van der Waals surface area contributed by atoms with E-state index in [1.807, 2.05) is 13.8 Å². The van der Waals surface area contributed by atoms with Crippen LogP contribution in [0.4, 0.5) is 0 Å². The maximum Gasteiger partial charge on any atom is 0.336 e. The normalized spacial score (nSPS) is 18.8. The van der Waals surface area contributed by atoms with Crippen molar-refractivity contribution in [3.8, 4) is 0 Å². The Kier molecular flexibility index (Phi) is 7.23. The summed E-state index contributed by atoms with van der Waals surface area (Å²) in [7, 11) is -3.82. The van der Waals surface area contributed by atoms with Gasteiger partial charge < -0.3 is 10.4 Å². The molecule has 184 valence electrons. The van der Waals surface area contributed by atoms with Crippen LogP contribution < -0.4 is 5.32 Å². The number of carbonyl (C=O) groups excluding carboxylic acids is 1. The lowest BCUT2D eigenvalue weighted by molar-refractivity contribution is -0.126. The van der Waals surface area contributed by atoms with Crippen molar-refractivity contribution in [3.63, 3.8) is 0 Å². The highest BCUT2D eigenvalue weighted by atomic mass is 32.2. The van der Waals surface area contributed by atoms with E-state index in [-0.39, 0.29) is 41.4 Å². The van der Waals surface area contributed by atoms with E-state index < -0.39 is 16.0 Å². The molecule has 0 spiro atoms. The summed E-state index contributed by atoms with van der Waals surface area (Å²) in [5, 5.41) is 13.4. The number of hydrogen-bond donors (Lipinski definition) is 2. The number of aromatic nitrogens is 1. The molecular formula is C25H33N3O5S. The molecule has 9 heteroatoms. The van der Waals surface area contributed by atoms with Crippen molar-refractivity contribution in [2.75, 3.05) is 13.1 Å². The summed E-state index contributed by atoms with van der Waals surface area (Å²) in [4.78, 5) is 29.4. The fourth-order valence-corrected chi connectivity index (χ4v) is 6.45. The number of nitrogens with zero attached hydrogens (tertiary/aromatic N) is 2. The second-order valence-corrected chi connectivity index (χ2v) is 11.4. The molecule has 1 amide bonds. The van der Waals surface area contributed by atoms with E-state index in [4.69, 9.17) is 4.98 Å². The lowest BCUT2D eigenvalue weighted by Gasteiger charge is -2.31. The monoisotopic (exact) mass is 487 g/mol. The molecular weight excluding hydrogens is 454 g/mol. The molecule has 1 saturated heterocycles. The number of hydrogen-bond acceptors (Lipinski definition) is 5. The number of benzene rings is 1. The van der Waals surface area contributed by atoms with E-state index in [1.165, 1.54) is 16.4 Å². The quantitative estimate of drug-likeness (QED) is 0.602. The molecule has 2 aromatic rings. The number of carboxylic acid groups (broad SMARTS) is 1. The Bertz CT molecular complexity index is 1200. The van der Waals surface area contributed by atoms with Gasteiger partial charge >= 0.3 is 5.97 Å². The molecule has 1 atom stereocenters. The fourth-order valence-electron chi connectivity index (χ4n) is 4.95. The van der Waals surface area contributed by atoms with Gasteiger partial charge in [0.25, 0.3) is 0 Å². The van der Waals surface area contributed by atoms with Crippen molar-refractivity contribution < 1.29 is 23.1 Å². The average Bonchev–Trinajstić information content (AvgIpc) is 3.06. The van der Waals surface area contributed by atoms with Crippen LogP contribution in [0, 0.1) is 5.92 Å². The minimum Gasteiger partial charge on any atom is -0.478 e. The minimum atomic E-state index is -3.82. The van der Waals surface area contributed by atoms with Crippen LogP contribution in [0.25, 0.3) is 10.9 Å². The van der Waals surface area contributed by atoms with Gasteiger partial charge in [0, 0.05) is 36.1 Å². The number of rotatable bonds is 6. The van der Waals surface area contributed by atoms with Crippen LogP contribution in [0.2, 0.25) is 0 Å². The van der Waals surface area contributed by atoms with Crippen molar-refractivity contribution in [2.24, 2.45) is 5.92 Å². The molecule has 0 unspecified atom stereocenters. The highest BCUT2D eigenvalue weighted by Crippen LogP contribution is 2.32. The highest BCUT2D eigenvalue weighted by Gasteiger charge is 2.33. The molecule has 2 N–H and O–H groups in total. The third-order valence-electron chi connectivity index (χ3n) is 7.16. The molecule has 1 aromatic carbocycles.